The van der Waals surface area contributed by atoms with Crippen molar-refractivity contribution in [1.82, 2.24) is 9.21 Å². The average Bonchev–Trinajstić information content (AvgIpc) is 3.14. The van der Waals surface area contributed by atoms with Crippen LogP contribution in [0.4, 0.5) is 0 Å². The van der Waals surface area contributed by atoms with Crippen LogP contribution in [0, 0.1) is 5.92 Å². The quantitative estimate of drug-likeness (QED) is 0.794. The Morgan fingerprint density at radius 1 is 1.15 bits per heavy atom. The van der Waals surface area contributed by atoms with Gasteiger partial charge in [-0.15, -0.1) is 12.4 Å². The van der Waals surface area contributed by atoms with E-state index >= 15 is 0 Å². The Hall–Kier alpha value is -1.15. The van der Waals surface area contributed by atoms with E-state index in [2.05, 4.69) is 0 Å². The normalized spacial score (nSPS) is 19.9. The van der Waals surface area contributed by atoms with Gasteiger partial charge in [-0.05, 0) is 48.4 Å². The number of hydrogen-bond acceptors (Lipinski definition) is 4. The second-order valence-corrected chi connectivity index (χ2v) is 9.36. The Morgan fingerprint density at radius 2 is 1.78 bits per heavy atom. The molecule has 1 aromatic rings. The average molecular weight is 416 g/mol. The van der Waals surface area contributed by atoms with Crippen molar-refractivity contribution < 1.29 is 13.2 Å². The van der Waals surface area contributed by atoms with E-state index in [-0.39, 0.29) is 24.2 Å². The Kier molecular flexibility index (Phi) is 7.30. The molecule has 1 amide bonds. The smallest absolute Gasteiger partial charge is 0.243 e. The summed E-state index contributed by atoms with van der Waals surface area (Å²) in [6.07, 6.45) is 3.93. The summed E-state index contributed by atoms with van der Waals surface area (Å²) in [7, 11) is -3.51. The molecule has 1 fully saturated rings. The van der Waals surface area contributed by atoms with Crippen LogP contribution in [0.25, 0.3) is 0 Å². The number of rotatable bonds is 5. The van der Waals surface area contributed by atoms with Gasteiger partial charge < -0.3 is 10.6 Å². The molecule has 0 radical (unpaired) electrons. The summed E-state index contributed by atoms with van der Waals surface area (Å²) in [5.74, 6) is 0.0459. The van der Waals surface area contributed by atoms with E-state index in [0.717, 1.165) is 31.2 Å². The number of aryl methyl sites for hydroxylation is 2. The second-order valence-electron chi connectivity index (χ2n) is 7.42. The fraction of sp³-hybridized carbons (Fsp3) is 0.632. The predicted molar refractivity (Wildman–Crippen MR) is 108 cm³/mol. The zero-order valence-corrected chi connectivity index (χ0v) is 17.7. The third-order valence-electron chi connectivity index (χ3n) is 5.80. The first-order chi connectivity index (χ1) is 12.3. The molecule has 1 aliphatic heterocycles. The summed E-state index contributed by atoms with van der Waals surface area (Å²) in [6.45, 7) is 5.41. The fourth-order valence-electron chi connectivity index (χ4n) is 3.71. The summed E-state index contributed by atoms with van der Waals surface area (Å²) in [4.78, 5) is 14.6. The van der Waals surface area contributed by atoms with E-state index < -0.39 is 16.1 Å². The molecule has 1 aromatic carbocycles. The molecule has 2 N–H and O–H groups in total. The molecular formula is C19H30ClN3O3S. The molecule has 1 aliphatic carbocycles. The van der Waals surface area contributed by atoms with Gasteiger partial charge in [0.15, 0.2) is 0 Å². The lowest BCUT2D eigenvalue weighted by Crippen LogP contribution is -2.55. The van der Waals surface area contributed by atoms with Gasteiger partial charge in [-0.1, -0.05) is 26.3 Å². The van der Waals surface area contributed by atoms with Gasteiger partial charge >= 0.3 is 0 Å². The topological polar surface area (TPSA) is 83.7 Å². The number of benzene rings is 1. The van der Waals surface area contributed by atoms with E-state index in [1.54, 1.807) is 11.0 Å². The molecule has 1 heterocycles. The maximum atomic E-state index is 12.9. The molecule has 0 aromatic heterocycles. The predicted octanol–water partition coefficient (Wildman–Crippen LogP) is 1.80. The van der Waals surface area contributed by atoms with E-state index in [4.69, 9.17) is 5.73 Å². The molecule has 2 unspecified atom stereocenters. The van der Waals surface area contributed by atoms with Gasteiger partial charge in [0, 0.05) is 26.2 Å². The molecule has 1 saturated heterocycles. The summed E-state index contributed by atoms with van der Waals surface area (Å²) >= 11 is 0. The van der Waals surface area contributed by atoms with Crippen molar-refractivity contribution in [2.24, 2.45) is 11.7 Å². The molecule has 27 heavy (non-hydrogen) atoms. The second kappa shape index (κ2) is 8.90. The minimum atomic E-state index is -3.51. The number of hydrogen-bond donors (Lipinski definition) is 1. The Labute approximate surface area is 168 Å². The van der Waals surface area contributed by atoms with Gasteiger partial charge in [0.05, 0.1) is 10.9 Å². The van der Waals surface area contributed by atoms with Crippen molar-refractivity contribution in [3.63, 3.8) is 0 Å². The van der Waals surface area contributed by atoms with Gasteiger partial charge in [-0.3, -0.25) is 4.79 Å². The minimum Gasteiger partial charge on any atom is -0.339 e. The lowest BCUT2D eigenvalue weighted by Gasteiger charge is -2.36. The fourth-order valence-corrected chi connectivity index (χ4v) is 5.19. The van der Waals surface area contributed by atoms with Crippen LogP contribution in [0.1, 0.15) is 37.8 Å². The van der Waals surface area contributed by atoms with E-state index in [9.17, 15) is 13.2 Å². The van der Waals surface area contributed by atoms with Gasteiger partial charge in [-0.2, -0.15) is 4.31 Å². The maximum absolute atomic E-state index is 12.9. The number of halogens is 1. The molecule has 2 aliphatic rings. The van der Waals surface area contributed by atoms with Crippen molar-refractivity contribution in [3.05, 3.63) is 29.3 Å². The molecule has 152 valence electrons. The van der Waals surface area contributed by atoms with Crippen molar-refractivity contribution in [2.75, 3.05) is 26.2 Å². The SMILES string of the molecule is CCC(C)C(N)C(=O)N1CCN(S(=O)(=O)c2ccc3c(c2)CCC3)CC1.Cl. The van der Waals surface area contributed by atoms with Crippen LogP contribution in [0.2, 0.25) is 0 Å². The highest BCUT2D eigenvalue weighted by atomic mass is 35.5. The monoisotopic (exact) mass is 415 g/mol. The summed E-state index contributed by atoms with van der Waals surface area (Å²) in [5.41, 5.74) is 8.46. The van der Waals surface area contributed by atoms with Crippen molar-refractivity contribution in [2.45, 2.75) is 50.5 Å². The molecule has 0 spiro atoms. The Balaban J connectivity index is 0.00000261. The number of amides is 1. The molecular weight excluding hydrogens is 386 g/mol. The van der Waals surface area contributed by atoms with Gasteiger partial charge in [-0.25, -0.2) is 8.42 Å². The summed E-state index contributed by atoms with van der Waals surface area (Å²) in [5, 5.41) is 0. The van der Waals surface area contributed by atoms with Gasteiger partial charge in [0.2, 0.25) is 15.9 Å². The van der Waals surface area contributed by atoms with Crippen LogP contribution in [0.3, 0.4) is 0 Å². The van der Waals surface area contributed by atoms with Crippen LogP contribution < -0.4 is 5.73 Å². The highest BCUT2D eigenvalue weighted by Gasteiger charge is 2.33. The first-order valence-corrected chi connectivity index (χ1v) is 10.9. The molecule has 8 heteroatoms. The Morgan fingerprint density at radius 3 is 2.41 bits per heavy atom. The Bertz CT molecular complexity index is 776. The molecule has 3 rings (SSSR count). The largest absolute Gasteiger partial charge is 0.339 e. The lowest BCUT2D eigenvalue weighted by atomic mass is 9.99. The van der Waals surface area contributed by atoms with E-state index in [1.165, 1.54) is 9.87 Å². The van der Waals surface area contributed by atoms with E-state index in [1.807, 2.05) is 26.0 Å². The standard InChI is InChI=1S/C19H29N3O3S.ClH/c1-3-14(2)18(20)19(23)21-9-11-22(12-10-21)26(24,25)17-8-7-15-5-4-6-16(15)13-17;/h7-8,13-14,18H,3-6,9-12,20H2,1-2H3;1H. The number of piperazine rings is 1. The third-order valence-corrected chi connectivity index (χ3v) is 7.69. The number of nitrogens with two attached hydrogens (primary N) is 1. The third kappa shape index (κ3) is 4.47. The van der Waals surface area contributed by atoms with Crippen LogP contribution in [-0.2, 0) is 27.7 Å². The molecule has 0 bridgehead atoms. The maximum Gasteiger partial charge on any atom is 0.243 e. The van der Waals surface area contributed by atoms with Crippen LogP contribution >= 0.6 is 12.4 Å². The number of nitrogens with zero attached hydrogens (tertiary/aromatic N) is 2. The number of carbonyl (C=O) groups is 1. The molecule has 0 saturated carbocycles. The van der Waals surface area contributed by atoms with Crippen LogP contribution in [0.15, 0.2) is 23.1 Å². The van der Waals surface area contributed by atoms with Crippen LogP contribution in [-0.4, -0.2) is 55.8 Å². The highest BCUT2D eigenvalue weighted by Crippen LogP contribution is 2.26. The van der Waals surface area contributed by atoms with Crippen LogP contribution in [0.5, 0.6) is 0 Å². The highest BCUT2D eigenvalue weighted by molar-refractivity contribution is 7.89. The summed E-state index contributed by atoms with van der Waals surface area (Å²) in [6, 6.07) is 4.98. The minimum absolute atomic E-state index is 0. The number of fused-ring (bicyclic) bond motifs is 1. The van der Waals surface area contributed by atoms with Gasteiger partial charge in [0.25, 0.3) is 0 Å². The van der Waals surface area contributed by atoms with Crippen molar-refractivity contribution in [1.29, 1.82) is 0 Å². The number of sulfonamides is 1. The zero-order valence-electron chi connectivity index (χ0n) is 16.1. The van der Waals surface area contributed by atoms with Crippen molar-refractivity contribution >= 4 is 28.3 Å². The first kappa shape index (κ1) is 22.1. The molecule has 2 atom stereocenters. The van der Waals surface area contributed by atoms with E-state index in [0.29, 0.717) is 31.1 Å². The number of carbonyl (C=O) groups excluding carboxylic acids is 1. The lowest BCUT2D eigenvalue weighted by molar-refractivity contribution is -0.134. The molecule has 6 nitrogen and oxygen atoms in total. The van der Waals surface area contributed by atoms with Gasteiger partial charge in [0.1, 0.15) is 0 Å². The first-order valence-electron chi connectivity index (χ1n) is 9.51. The zero-order chi connectivity index (χ0) is 18.9. The van der Waals surface area contributed by atoms with Crippen molar-refractivity contribution in [3.8, 4) is 0 Å². The summed E-state index contributed by atoms with van der Waals surface area (Å²) < 4.78 is 27.4.